The van der Waals surface area contributed by atoms with Gasteiger partial charge in [0.15, 0.2) is 0 Å². The molecule has 94 valence electrons. The summed E-state index contributed by atoms with van der Waals surface area (Å²) in [7, 11) is 1.43. The molecule has 3 heteroatoms. The Morgan fingerprint density at radius 1 is 1.29 bits per heavy atom. The molecule has 0 saturated heterocycles. The average molecular weight is 235 g/mol. The van der Waals surface area contributed by atoms with Crippen molar-refractivity contribution in [2.24, 2.45) is 5.92 Å². The highest BCUT2D eigenvalue weighted by Gasteiger charge is 2.19. The van der Waals surface area contributed by atoms with Gasteiger partial charge in [-0.15, -0.1) is 0 Å². The molecule has 1 aromatic rings. The minimum Gasteiger partial charge on any atom is -0.468 e. The van der Waals surface area contributed by atoms with Crippen LogP contribution < -0.4 is 5.32 Å². The summed E-state index contributed by atoms with van der Waals surface area (Å²) in [6.45, 7) is 4.88. The van der Waals surface area contributed by atoms with Gasteiger partial charge in [0.2, 0.25) is 0 Å². The van der Waals surface area contributed by atoms with Crippen molar-refractivity contribution >= 4 is 5.97 Å². The number of nitrogens with one attached hydrogen (secondary N) is 1. The van der Waals surface area contributed by atoms with Gasteiger partial charge in [-0.05, 0) is 17.9 Å². The summed E-state index contributed by atoms with van der Waals surface area (Å²) in [5.41, 5.74) is 1.17. The second-order valence-corrected chi connectivity index (χ2v) is 4.57. The maximum Gasteiger partial charge on any atom is 0.322 e. The Bertz CT molecular complexity index is 335. The fourth-order valence-corrected chi connectivity index (χ4v) is 1.71. The highest BCUT2D eigenvalue weighted by Crippen LogP contribution is 2.07. The number of methoxy groups -OCH3 is 1. The molecule has 0 aliphatic rings. The number of carbonyl (C=O) groups is 1. The highest BCUT2D eigenvalue weighted by molar-refractivity contribution is 5.75. The van der Waals surface area contributed by atoms with Crippen LogP contribution in [0.5, 0.6) is 0 Å². The van der Waals surface area contributed by atoms with Crippen LogP contribution in [-0.2, 0) is 16.1 Å². The molecule has 1 N–H and O–H groups in total. The fourth-order valence-electron chi connectivity index (χ4n) is 1.71. The summed E-state index contributed by atoms with van der Waals surface area (Å²) >= 11 is 0. The van der Waals surface area contributed by atoms with Crippen LogP contribution in [0.2, 0.25) is 0 Å². The lowest BCUT2D eigenvalue weighted by Crippen LogP contribution is -2.38. The van der Waals surface area contributed by atoms with Crippen LogP contribution in [0.4, 0.5) is 0 Å². The molecule has 0 heterocycles. The number of hydrogen-bond donors (Lipinski definition) is 1. The van der Waals surface area contributed by atoms with E-state index < -0.39 is 0 Å². The van der Waals surface area contributed by atoms with Gasteiger partial charge >= 0.3 is 5.97 Å². The van der Waals surface area contributed by atoms with Crippen LogP contribution >= 0.6 is 0 Å². The Balaban J connectivity index is 2.52. The van der Waals surface area contributed by atoms with Gasteiger partial charge in [-0.3, -0.25) is 4.79 Å². The summed E-state index contributed by atoms with van der Waals surface area (Å²) in [5, 5.41) is 3.24. The smallest absolute Gasteiger partial charge is 0.322 e. The summed E-state index contributed by atoms with van der Waals surface area (Å²) < 4.78 is 4.80. The first-order valence-electron chi connectivity index (χ1n) is 5.98. The van der Waals surface area contributed by atoms with Crippen LogP contribution in [0.25, 0.3) is 0 Å². The molecule has 0 aliphatic heterocycles. The molecule has 1 atom stereocenters. The highest BCUT2D eigenvalue weighted by atomic mass is 16.5. The third-order valence-corrected chi connectivity index (χ3v) is 2.59. The first-order valence-corrected chi connectivity index (χ1v) is 5.98. The number of ether oxygens (including phenoxy) is 1. The Labute approximate surface area is 103 Å². The minimum absolute atomic E-state index is 0.186. The van der Waals surface area contributed by atoms with Crippen LogP contribution in [-0.4, -0.2) is 19.1 Å². The molecule has 0 radical (unpaired) electrons. The molecule has 0 amide bonds. The Kier molecular flexibility index (Phi) is 5.70. The maximum atomic E-state index is 11.6. The van der Waals surface area contributed by atoms with E-state index in [0.717, 1.165) is 6.42 Å². The molecule has 0 spiro atoms. The molecular weight excluding hydrogens is 214 g/mol. The summed E-state index contributed by atoms with van der Waals surface area (Å²) in [6, 6.07) is 9.82. The van der Waals surface area contributed by atoms with Crippen LogP contribution in [0.3, 0.4) is 0 Å². The van der Waals surface area contributed by atoms with E-state index in [2.05, 4.69) is 19.2 Å². The Morgan fingerprint density at radius 2 is 1.94 bits per heavy atom. The molecule has 0 fully saturated rings. The molecule has 1 aromatic carbocycles. The van der Waals surface area contributed by atoms with E-state index in [1.165, 1.54) is 12.7 Å². The van der Waals surface area contributed by atoms with Gasteiger partial charge in [0.25, 0.3) is 0 Å². The van der Waals surface area contributed by atoms with Gasteiger partial charge in [0.1, 0.15) is 6.04 Å². The molecule has 0 aromatic heterocycles. The molecule has 0 saturated carbocycles. The molecule has 3 nitrogen and oxygen atoms in total. The molecular formula is C14H21NO2. The van der Waals surface area contributed by atoms with Gasteiger partial charge in [0, 0.05) is 6.54 Å². The second-order valence-electron chi connectivity index (χ2n) is 4.57. The van der Waals surface area contributed by atoms with Crippen molar-refractivity contribution in [1.29, 1.82) is 0 Å². The zero-order valence-corrected chi connectivity index (χ0v) is 10.8. The average Bonchev–Trinajstić information content (AvgIpc) is 2.34. The molecule has 0 bridgehead atoms. The molecule has 17 heavy (non-hydrogen) atoms. The SMILES string of the molecule is COC(=O)C(CC(C)C)NCc1ccccc1. The third kappa shape index (κ3) is 5.00. The monoisotopic (exact) mass is 235 g/mol. The van der Waals surface area contributed by atoms with Crippen LogP contribution in [0.15, 0.2) is 30.3 Å². The first kappa shape index (κ1) is 13.7. The summed E-state index contributed by atoms with van der Waals surface area (Å²) in [5.74, 6) is 0.275. The predicted octanol–water partition coefficient (Wildman–Crippen LogP) is 2.36. The lowest BCUT2D eigenvalue weighted by atomic mass is 10.0. The van der Waals surface area contributed by atoms with Crippen molar-refractivity contribution in [2.45, 2.75) is 32.9 Å². The van der Waals surface area contributed by atoms with Gasteiger partial charge in [-0.2, -0.15) is 0 Å². The fraction of sp³-hybridized carbons (Fsp3) is 0.500. The van der Waals surface area contributed by atoms with E-state index in [0.29, 0.717) is 12.5 Å². The van der Waals surface area contributed by atoms with Crippen molar-refractivity contribution < 1.29 is 9.53 Å². The normalized spacial score (nSPS) is 12.5. The van der Waals surface area contributed by atoms with Gasteiger partial charge in [-0.25, -0.2) is 0 Å². The topological polar surface area (TPSA) is 38.3 Å². The van der Waals surface area contributed by atoms with Crippen molar-refractivity contribution in [3.05, 3.63) is 35.9 Å². The van der Waals surface area contributed by atoms with Crippen molar-refractivity contribution in [1.82, 2.24) is 5.32 Å². The molecule has 1 rings (SSSR count). The third-order valence-electron chi connectivity index (χ3n) is 2.59. The zero-order valence-electron chi connectivity index (χ0n) is 10.8. The summed E-state index contributed by atoms with van der Waals surface area (Å²) in [4.78, 5) is 11.6. The van der Waals surface area contributed by atoms with E-state index in [-0.39, 0.29) is 12.0 Å². The second kappa shape index (κ2) is 7.07. The van der Waals surface area contributed by atoms with Crippen molar-refractivity contribution in [2.75, 3.05) is 7.11 Å². The number of benzene rings is 1. The predicted molar refractivity (Wildman–Crippen MR) is 68.5 cm³/mol. The first-order chi connectivity index (χ1) is 8.13. The summed E-state index contributed by atoms with van der Waals surface area (Å²) in [6.07, 6.45) is 0.791. The maximum absolute atomic E-state index is 11.6. The lowest BCUT2D eigenvalue weighted by molar-refractivity contribution is -0.143. The quantitative estimate of drug-likeness (QED) is 0.769. The largest absolute Gasteiger partial charge is 0.468 e. The van der Waals surface area contributed by atoms with E-state index >= 15 is 0 Å². The van der Waals surface area contributed by atoms with Crippen molar-refractivity contribution in [3.63, 3.8) is 0 Å². The van der Waals surface area contributed by atoms with E-state index in [4.69, 9.17) is 4.74 Å². The Morgan fingerprint density at radius 3 is 2.47 bits per heavy atom. The number of esters is 1. The lowest BCUT2D eigenvalue weighted by Gasteiger charge is -2.18. The van der Waals surface area contributed by atoms with Gasteiger partial charge in [-0.1, -0.05) is 44.2 Å². The van der Waals surface area contributed by atoms with Crippen LogP contribution in [0, 0.1) is 5.92 Å². The Hall–Kier alpha value is -1.35. The van der Waals surface area contributed by atoms with Crippen molar-refractivity contribution in [3.8, 4) is 0 Å². The van der Waals surface area contributed by atoms with E-state index in [1.54, 1.807) is 0 Å². The standard InChI is InChI=1S/C14H21NO2/c1-11(2)9-13(14(16)17-3)15-10-12-7-5-4-6-8-12/h4-8,11,13,15H,9-10H2,1-3H3. The van der Waals surface area contributed by atoms with E-state index in [1.807, 2.05) is 30.3 Å². The van der Waals surface area contributed by atoms with E-state index in [9.17, 15) is 4.79 Å². The minimum atomic E-state index is -0.222. The molecule has 1 unspecified atom stereocenters. The molecule has 0 aliphatic carbocycles. The number of rotatable bonds is 6. The number of carbonyl (C=O) groups excluding carboxylic acids is 1. The van der Waals surface area contributed by atoms with Gasteiger partial charge in [0.05, 0.1) is 7.11 Å². The number of hydrogen-bond acceptors (Lipinski definition) is 3. The van der Waals surface area contributed by atoms with Crippen LogP contribution in [0.1, 0.15) is 25.8 Å². The van der Waals surface area contributed by atoms with Gasteiger partial charge < -0.3 is 10.1 Å². The zero-order chi connectivity index (χ0) is 12.7.